The highest BCUT2D eigenvalue weighted by Gasteiger charge is 2.22. The highest BCUT2D eigenvalue weighted by atomic mass is 32.2. The molecule has 2 N–H and O–H groups in total. The van der Waals surface area contributed by atoms with Gasteiger partial charge in [0.2, 0.25) is 0 Å². The molecule has 32 heavy (non-hydrogen) atoms. The fraction of sp³-hybridized carbons (Fsp3) is 0.174. The van der Waals surface area contributed by atoms with Crippen LogP contribution in [-0.2, 0) is 10.0 Å². The summed E-state index contributed by atoms with van der Waals surface area (Å²) in [6, 6.07) is 13.7. The highest BCUT2D eigenvalue weighted by Crippen LogP contribution is 2.28. The summed E-state index contributed by atoms with van der Waals surface area (Å²) in [5, 5.41) is 2.83. The van der Waals surface area contributed by atoms with E-state index in [-0.39, 0.29) is 10.8 Å². The second-order valence-electron chi connectivity index (χ2n) is 7.67. The van der Waals surface area contributed by atoms with Crippen LogP contribution in [0.15, 0.2) is 53.4 Å². The van der Waals surface area contributed by atoms with Gasteiger partial charge in [-0.05, 0) is 80.3 Å². The number of amides is 1. The topological polar surface area (TPSA) is 101 Å². The largest absolute Gasteiger partial charge is 0.320 e. The number of rotatable bonds is 5. The van der Waals surface area contributed by atoms with E-state index in [0.717, 1.165) is 22.9 Å². The number of sulfonamides is 1. The van der Waals surface area contributed by atoms with Gasteiger partial charge in [-0.3, -0.25) is 9.52 Å². The van der Waals surface area contributed by atoms with Gasteiger partial charge in [0.05, 0.1) is 22.3 Å². The van der Waals surface area contributed by atoms with Gasteiger partial charge >= 0.3 is 0 Å². The van der Waals surface area contributed by atoms with Gasteiger partial charge in [-0.1, -0.05) is 18.2 Å². The monoisotopic (exact) mass is 466 g/mol. The number of hydrogen-bond donors (Lipinski definition) is 2. The van der Waals surface area contributed by atoms with Crippen molar-refractivity contribution in [2.45, 2.75) is 32.6 Å². The summed E-state index contributed by atoms with van der Waals surface area (Å²) in [5.41, 5.74) is 5.73. The Kier molecular flexibility index (Phi) is 5.70. The van der Waals surface area contributed by atoms with E-state index in [1.54, 1.807) is 44.2 Å². The molecule has 0 aliphatic heterocycles. The molecule has 9 heteroatoms. The predicted octanol–water partition coefficient (Wildman–Crippen LogP) is 4.98. The van der Waals surface area contributed by atoms with Gasteiger partial charge in [-0.15, -0.1) is 0 Å². The van der Waals surface area contributed by atoms with E-state index in [0.29, 0.717) is 39.1 Å². The van der Waals surface area contributed by atoms with Crippen molar-refractivity contribution in [1.82, 2.24) is 8.75 Å². The molecule has 7 nitrogen and oxygen atoms in total. The van der Waals surface area contributed by atoms with Gasteiger partial charge in [0.15, 0.2) is 0 Å². The Balaban J connectivity index is 1.62. The van der Waals surface area contributed by atoms with Crippen LogP contribution in [0, 0.1) is 27.7 Å². The number of benzene rings is 3. The van der Waals surface area contributed by atoms with Crippen molar-refractivity contribution in [2.24, 2.45) is 0 Å². The first-order chi connectivity index (χ1) is 15.2. The summed E-state index contributed by atoms with van der Waals surface area (Å²) in [7, 11) is -3.84. The van der Waals surface area contributed by atoms with Gasteiger partial charge in [0.25, 0.3) is 15.9 Å². The Hall–Kier alpha value is -3.30. The number of aryl methyl sites for hydroxylation is 2. The van der Waals surface area contributed by atoms with Crippen LogP contribution >= 0.6 is 11.7 Å². The Morgan fingerprint density at radius 1 is 0.906 bits per heavy atom. The van der Waals surface area contributed by atoms with Crippen molar-refractivity contribution in [3.63, 3.8) is 0 Å². The number of nitrogens with zero attached hydrogens (tertiary/aromatic N) is 2. The smallest absolute Gasteiger partial charge is 0.262 e. The number of carbonyl (C=O) groups excluding carboxylic acids is 1. The third kappa shape index (κ3) is 4.09. The maximum Gasteiger partial charge on any atom is 0.262 e. The van der Waals surface area contributed by atoms with Gasteiger partial charge in [-0.25, -0.2) is 8.42 Å². The lowest BCUT2D eigenvalue weighted by Gasteiger charge is -2.17. The summed E-state index contributed by atoms with van der Waals surface area (Å²) in [6.07, 6.45) is 0. The van der Waals surface area contributed by atoms with Crippen LogP contribution in [0.1, 0.15) is 32.6 Å². The van der Waals surface area contributed by atoms with Crippen LogP contribution in [-0.4, -0.2) is 23.1 Å². The lowest BCUT2D eigenvalue weighted by atomic mass is 10.0. The molecule has 4 rings (SSSR count). The molecule has 0 spiro atoms. The molecule has 0 fully saturated rings. The number of nitrogens with one attached hydrogen (secondary N) is 2. The average Bonchev–Trinajstić information content (AvgIpc) is 3.22. The molecule has 0 aliphatic carbocycles. The van der Waals surface area contributed by atoms with Crippen molar-refractivity contribution < 1.29 is 13.2 Å². The summed E-state index contributed by atoms with van der Waals surface area (Å²) in [5.74, 6) is -0.370. The van der Waals surface area contributed by atoms with Gasteiger partial charge in [0.1, 0.15) is 11.0 Å². The third-order valence-electron chi connectivity index (χ3n) is 5.48. The fourth-order valence-corrected chi connectivity index (χ4v) is 5.83. The van der Waals surface area contributed by atoms with Gasteiger partial charge in [0, 0.05) is 11.3 Å². The average molecular weight is 467 g/mol. The minimum Gasteiger partial charge on any atom is -0.320 e. The third-order valence-corrected chi connectivity index (χ3v) is 7.67. The molecule has 0 unspecified atom stereocenters. The second-order valence-corrected chi connectivity index (χ2v) is 9.82. The molecule has 0 saturated carbocycles. The lowest BCUT2D eigenvalue weighted by Crippen LogP contribution is -2.18. The zero-order valence-corrected chi connectivity index (χ0v) is 19.7. The molecule has 0 saturated heterocycles. The summed E-state index contributed by atoms with van der Waals surface area (Å²) in [6.45, 7) is 7.39. The van der Waals surface area contributed by atoms with Crippen LogP contribution in [0.2, 0.25) is 0 Å². The Morgan fingerprint density at radius 2 is 1.59 bits per heavy atom. The first-order valence-electron chi connectivity index (χ1n) is 9.90. The zero-order valence-electron chi connectivity index (χ0n) is 18.1. The number of carbonyl (C=O) groups is 1. The van der Waals surface area contributed by atoms with Gasteiger partial charge < -0.3 is 5.32 Å². The minimum absolute atomic E-state index is 0.271. The predicted molar refractivity (Wildman–Crippen MR) is 128 cm³/mol. The molecule has 0 atom stereocenters. The normalized spacial score (nSPS) is 11.5. The van der Waals surface area contributed by atoms with E-state index in [2.05, 4.69) is 18.8 Å². The van der Waals surface area contributed by atoms with Crippen LogP contribution in [0.4, 0.5) is 11.4 Å². The van der Waals surface area contributed by atoms with Gasteiger partial charge in [-0.2, -0.15) is 8.75 Å². The molecule has 1 aromatic heterocycles. The van der Waals surface area contributed by atoms with Crippen molar-refractivity contribution in [3.8, 4) is 0 Å². The quantitative estimate of drug-likeness (QED) is 0.432. The van der Waals surface area contributed by atoms with E-state index in [9.17, 15) is 13.2 Å². The Bertz CT molecular complexity index is 1430. The number of anilines is 2. The van der Waals surface area contributed by atoms with E-state index in [4.69, 9.17) is 0 Å². The summed E-state index contributed by atoms with van der Waals surface area (Å²) in [4.78, 5) is 13.1. The molecule has 4 aromatic rings. The molecule has 1 amide bonds. The first kappa shape index (κ1) is 21.9. The molecule has 3 aromatic carbocycles. The standard InChI is InChI=1S/C23H22N4O3S2/c1-13-11-14(2)16(4)22(15(13)3)32(29,30)27-18-8-5-7-17(12-18)23(28)24-19-9-6-10-20-21(19)26-31-25-20/h5-12,27H,1-4H3,(H,24,28). The molecule has 0 aliphatic rings. The summed E-state index contributed by atoms with van der Waals surface area (Å²) >= 11 is 1.07. The Morgan fingerprint density at radius 3 is 2.31 bits per heavy atom. The molecule has 164 valence electrons. The Labute approximate surface area is 190 Å². The highest BCUT2D eigenvalue weighted by molar-refractivity contribution is 7.92. The molecule has 0 radical (unpaired) electrons. The second kappa shape index (κ2) is 8.33. The zero-order chi connectivity index (χ0) is 23.0. The SMILES string of the molecule is Cc1cc(C)c(C)c(S(=O)(=O)Nc2cccc(C(=O)Nc3cccc4nsnc34)c2)c1C. The lowest BCUT2D eigenvalue weighted by molar-refractivity contribution is 0.102. The minimum atomic E-state index is -3.84. The van der Waals surface area contributed by atoms with E-state index in [1.165, 1.54) is 6.07 Å². The van der Waals surface area contributed by atoms with Crippen molar-refractivity contribution in [1.29, 1.82) is 0 Å². The summed E-state index contributed by atoms with van der Waals surface area (Å²) < 4.78 is 37.4. The van der Waals surface area contributed by atoms with Crippen LogP contribution in [0.3, 0.4) is 0 Å². The number of aromatic nitrogens is 2. The molecular weight excluding hydrogens is 444 g/mol. The van der Waals surface area contributed by atoms with E-state index < -0.39 is 10.0 Å². The first-order valence-corrected chi connectivity index (χ1v) is 12.1. The van der Waals surface area contributed by atoms with Crippen LogP contribution in [0.25, 0.3) is 11.0 Å². The van der Waals surface area contributed by atoms with Crippen LogP contribution in [0.5, 0.6) is 0 Å². The molecule has 1 heterocycles. The van der Waals surface area contributed by atoms with E-state index >= 15 is 0 Å². The van der Waals surface area contributed by atoms with Crippen LogP contribution < -0.4 is 10.0 Å². The number of hydrogen-bond acceptors (Lipinski definition) is 6. The maximum atomic E-state index is 13.2. The fourth-order valence-electron chi connectivity index (χ4n) is 3.62. The number of fused-ring (bicyclic) bond motifs is 1. The maximum absolute atomic E-state index is 13.2. The van der Waals surface area contributed by atoms with E-state index in [1.807, 2.05) is 26.0 Å². The van der Waals surface area contributed by atoms with Crippen molar-refractivity contribution >= 4 is 50.1 Å². The molecular formula is C23H22N4O3S2. The van der Waals surface area contributed by atoms with Crippen molar-refractivity contribution in [2.75, 3.05) is 10.0 Å². The molecule has 0 bridgehead atoms. The van der Waals surface area contributed by atoms with Crippen molar-refractivity contribution in [3.05, 3.63) is 76.3 Å².